The van der Waals surface area contributed by atoms with E-state index in [1.165, 1.54) is 16.2 Å². The SMILES string of the molecule is Cc1nc(C)c(C(=O)C2=C(O)C(=O)N(CC3CCCO3)C2c2ccccc2Cl)s1. The van der Waals surface area contributed by atoms with Crippen LogP contribution in [0, 0.1) is 13.8 Å². The maximum atomic E-state index is 13.4. The lowest BCUT2D eigenvalue weighted by molar-refractivity contribution is -0.131. The fraction of sp³-hybridized carbons (Fsp3) is 0.381. The predicted molar refractivity (Wildman–Crippen MR) is 110 cm³/mol. The van der Waals surface area contributed by atoms with Crippen LogP contribution in [0.1, 0.15) is 44.8 Å². The lowest BCUT2D eigenvalue weighted by Crippen LogP contribution is -2.37. The molecule has 2 aromatic rings. The topological polar surface area (TPSA) is 79.7 Å². The number of carbonyl (C=O) groups excluding carboxylic acids is 2. The Bertz CT molecular complexity index is 1010. The quantitative estimate of drug-likeness (QED) is 0.717. The third-order valence-electron chi connectivity index (χ3n) is 5.28. The van der Waals surface area contributed by atoms with Gasteiger partial charge in [0.15, 0.2) is 5.76 Å². The largest absolute Gasteiger partial charge is 0.503 e. The maximum absolute atomic E-state index is 13.4. The second kappa shape index (κ2) is 7.89. The first kappa shape index (κ1) is 20.1. The van der Waals surface area contributed by atoms with E-state index >= 15 is 0 Å². The number of nitrogens with zero attached hydrogens (tertiary/aromatic N) is 2. The van der Waals surface area contributed by atoms with Gasteiger partial charge in [-0.3, -0.25) is 9.59 Å². The number of Topliss-reactive ketones (excluding diaryl/α,β-unsaturated/α-hetero) is 1. The average Bonchev–Trinajstić information content (AvgIpc) is 3.37. The first-order valence-corrected chi connectivity index (χ1v) is 10.7. The summed E-state index contributed by atoms with van der Waals surface area (Å²) in [4.78, 5) is 32.6. The van der Waals surface area contributed by atoms with Crippen LogP contribution in [0.15, 0.2) is 35.6 Å². The van der Waals surface area contributed by atoms with E-state index in [0.29, 0.717) is 27.8 Å². The maximum Gasteiger partial charge on any atom is 0.290 e. The Morgan fingerprint density at radius 1 is 1.38 bits per heavy atom. The zero-order chi connectivity index (χ0) is 20.7. The Balaban J connectivity index is 1.80. The number of ketones is 1. The van der Waals surface area contributed by atoms with Crippen molar-refractivity contribution in [1.82, 2.24) is 9.88 Å². The van der Waals surface area contributed by atoms with Crippen LogP contribution in [0.4, 0.5) is 0 Å². The molecule has 1 aromatic heterocycles. The van der Waals surface area contributed by atoms with Gasteiger partial charge in [0.05, 0.1) is 33.3 Å². The number of hydrogen-bond acceptors (Lipinski definition) is 6. The van der Waals surface area contributed by atoms with Crippen molar-refractivity contribution >= 4 is 34.6 Å². The summed E-state index contributed by atoms with van der Waals surface area (Å²) in [6.45, 7) is 4.50. The molecule has 0 radical (unpaired) electrons. The molecule has 6 nitrogen and oxygen atoms in total. The number of carbonyl (C=O) groups is 2. The Morgan fingerprint density at radius 2 is 2.14 bits per heavy atom. The van der Waals surface area contributed by atoms with Crippen molar-refractivity contribution in [3.05, 3.63) is 61.8 Å². The van der Waals surface area contributed by atoms with E-state index in [-0.39, 0.29) is 18.2 Å². The summed E-state index contributed by atoms with van der Waals surface area (Å²) in [6.07, 6.45) is 1.63. The summed E-state index contributed by atoms with van der Waals surface area (Å²) in [5.41, 5.74) is 1.24. The summed E-state index contributed by atoms with van der Waals surface area (Å²) in [5, 5.41) is 11.9. The molecule has 0 bridgehead atoms. The van der Waals surface area contributed by atoms with E-state index in [9.17, 15) is 14.7 Å². The van der Waals surface area contributed by atoms with Crippen molar-refractivity contribution in [2.45, 2.75) is 38.8 Å². The number of aryl methyl sites for hydroxylation is 2. The summed E-state index contributed by atoms with van der Waals surface area (Å²) in [7, 11) is 0. The van der Waals surface area contributed by atoms with E-state index in [2.05, 4.69) is 4.98 Å². The number of thiazole rings is 1. The molecule has 2 unspecified atom stereocenters. The molecule has 0 aliphatic carbocycles. The molecule has 152 valence electrons. The molecule has 1 amide bonds. The van der Waals surface area contributed by atoms with Gasteiger partial charge in [-0.1, -0.05) is 29.8 Å². The van der Waals surface area contributed by atoms with Crippen LogP contribution in [0.5, 0.6) is 0 Å². The standard InChI is InChI=1S/C21H21ClN2O4S/c1-11-20(29-12(2)23-11)18(25)16-17(14-7-3-4-8-15(14)22)24(21(27)19(16)26)10-13-6-5-9-28-13/h3-4,7-8,13,17,26H,5-6,9-10H2,1-2H3. The van der Waals surface area contributed by atoms with Gasteiger partial charge < -0.3 is 14.7 Å². The van der Waals surface area contributed by atoms with Crippen LogP contribution in [0.25, 0.3) is 0 Å². The van der Waals surface area contributed by atoms with E-state index < -0.39 is 23.5 Å². The molecule has 1 saturated heterocycles. The van der Waals surface area contributed by atoms with Crippen LogP contribution in [0.2, 0.25) is 5.02 Å². The minimum absolute atomic E-state index is 0.0489. The summed E-state index contributed by atoms with van der Waals surface area (Å²) < 4.78 is 5.70. The molecule has 8 heteroatoms. The molecule has 29 heavy (non-hydrogen) atoms. The summed E-state index contributed by atoms with van der Waals surface area (Å²) in [6, 6.07) is 6.31. The van der Waals surface area contributed by atoms with Gasteiger partial charge in [0.25, 0.3) is 5.91 Å². The molecule has 1 N–H and O–H groups in total. The highest BCUT2D eigenvalue weighted by atomic mass is 35.5. The number of benzene rings is 1. The van der Waals surface area contributed by atoms with Gasteiger partial charge in [0.1, 0.15) is 0 Å². The van der Waals surface area contributed by atoms with Crippen molar-refractivity contribution < 1.29 is 19.4 Å². The number of halogens is 1. The Kier molecular flexibility index (Phi) is 5.46. The number of aliphatic hydroxyl groups excluding tert-OH is 1. The van der Waals surface area contributed by atoms with Crippen LogP contribution < -0.4 is 0 Å². The fourth-order valence-corrected chi connectivity index (χ4v) is 5.08. The van der Waals surface area contributed by atoms with Crippen molar-refractivity contribution in [2.24, 2.45) is 0 Å². The van der Waals surface area contributed by atoms with Gasteiger partial charge in [-0.15, -0.1) is 11.3 Å². The molecule has 2 atom stereocenters. The molecule has 2 aliphatic heterocycles. The molecule has 3 heterocycles. The number of rotatable bonds is 5. The molecule has 0 spiro atoms. The van der Waals surface area contributed by atoms with E-state index in [4.69, 9.17) is 16.3 Å². The van der Waals surface area contributed by atoms with Crippen LogP contribution in [0.3, 0.4) is 0 Å². The van der Waals surface area contributed by atoms with E-state index in [1.54, 1.807) is 31.2 Å². The van der Waals surface area contributed by atoms with E-state index in [1.807, 2.05) is 6.92 Å². The van der Waals surface area contributed by atoms with Crippen LogP contribution in [-0.4, -0.2) is 45.9 Å². The zero-order valence-electron chi connectivity index (χ0n) is 16.1. The van der Waals surface area contributed by atoms with Crippen molar-refractivity contribution in [2.75, 3.05) is 13.2 Å². The summed E-state index contributed by atoms with van der Waals surface area (Å²) >= 11 is 7.69. The van der Waals surface area contributed by atoms with Gasteiger partial charge in [0, 0.05) is 18.2 Å². The lowest BCUT2D eigenvalue weighted by Gasteiger charge is -2.29. The smallest absolute Gasteiger partial charge is 0.290 e. The predicted octanol–water partition coefficient (Wildman–Crippen LogP) is 4.17. The highest BCUT2D eigenvalue weighted by Gasteiger charge is 2.46. The van der Waals surface area contributed by atoms with Crippen molar-refractivity contribution in [3.63, 3.8) is 0 Å². The number of amides is 1. The van der Waals surface area contributed by atoms with Crippen LogP contribution >= 0.6 is 22.9 Å². The summed E-state index contributed by atoms with van der Waals surface area (Å²) in [5.74, 6) is -1.49. The molecule has 1 aromatic carbocycles. The molecular formula is C21H21ClN2O4S. The third kappa shape index (κ3) is 3.58. The minimum Gasteiger partial charge on any atom is -0.503 e. The Hall–Kier alpha value is -2.22. The monoisotopic (exact) mass is 432 g/mol. The highest BCUT2D eigenvalue weighted by Crippen LogP contribution is 2.42. The third-order valence-corrected chi connectivity index (χ3v) is 6.70. The molecule has 0 saturated carbocycles. The number of hydrogen-bond donors (Lipinski definition) is 1. The second-order valence-electron chi connectivity index (χ2n) is 7.26. The number of aromatic nitrogens is 1. The van der Waals surface area contributed by atoms with Crippen LogP contribution in [-0.2, 0) is 9.53 Å². The molecule has 1 fully saturated rings. The minimum atomic E-state index is -0.769. The lowest BCUT2D eigenvalue weighted by atomic mass is 9.94. The Labute approximate surface area is 177 Å². The molecule has 2 aliphatic rings. The van der Waals surface area contributed by atoms with E-state index in [0.717, 1.165) is 17.8 Å². The fourth-order valence-electron chi connectivity index (χ4n) is 3.97. The normalized spacial score (nSPS) is 22.0. The second-order valence-corrected chi connectivity index (χ2v) is 8.87. The van der Waals surface area contributed by atoms with Gasteiger partial charge in [-0.25, -0.2) is 4.98 Å². The van der Waals surface area contributed by atoms with Crippen molar-refractivity contribution in [1.29, 1.82) is 0 Å². The first-order chi connectivity index (χ1) is 13.9. The van der Waals surface area contributed by atoms with Crippen molar-refractivity contribution in [3.8, 4) is 0 Å². The van der Waals surface area contributed by atoms with Gasteiger partial charge >= 0.3 is 0 Å². The number of ether oxygens (including phenoxy) is 1. The van der Waals surface area contributed by atoms with Gasteiger partial charge in [-0.2, -0.15) is 0 Å². The zero-order valence-corrected chi connectivity index (χ0v) is 17.7. The first-order valence-electron chi connectivity index (χ1n) is 9.47. The average molecular weight is 433 g/mol. The Morgan fingerprint density at radius 3 is 2.76 bits per heavy atom. The highest BCUT2D eigenvalue weighted by molar-refractivity contribution is 7.14. The molecule has 4 rings (SSSR count). The van der Waals surface area contributed by atoms with Gasteiger partial charge in [0.2, 0.25) is 5.78 Å². The molecular weight excluding hydrogens is 412 g/mol. The number of aliphatic hydroxyl groups is 1. The van der Waals surface area contributed by atoms with Gasteiger partial charge in [-0.05, 0) is 38.3 Å².